The molecule has 0 saturated heterocycles. The number of nitro benzene ring substituents is 1. The molecule has 18 heavy (non-hydrogen) atoms. The quantitative estimate of drug-likeness (QED) is 0.470. The van der Waals surface area contributed by atoms with Gasteiger partial charge in [-0.15, -0.1) is 0 Å². The number of amides is 1. The predicted octanol–water partition coefficient (Wildman–Crippen LogP) is 2.65. The molecule has 5 nitrogen and oxygen atoms in total. The van der Waals surface area contributed by atoms with Crippen molar-refractivity contribution in [2.45, 2.75) is 6.42 Å². The van der Waals surface area contributed by atoms with Gasteiger partial charge >= 0.3 is 0 Å². The van der Waals surface area contributed by atoms with E-state index >= 15 is 0 Å². The standard InChI is InChI=1S/C12H11ClN2O3/c13-11-5-4-9(15(17)18)8-10(11)12(16)14-6-2-1-3-7-14/h1-2,4-5,8H,3,6-7H2. The number of benzene rings is 1. The van der Waals surface area contributed by atoms with Crippen LogP contribution in [0.1, 0.15) is 16.8 Å². The Morgan fingerprint density at radius 1 is 1.39 bits per heavy atom. The van der Waals surface area contributed by atoms with Crippen LogP contribution in [0.5, 0.6) is 0 Å². The van der Waals surface area contributed by atoms with Gasteiger partial charge in [-0.25, -0.2) is 0 Å². The first-order valence-electron chi connectivity index (χ1n) is 5.48. The Morgan fingerprint density at radius 2 is 2.17 bits per heavy atom. The number of carbonyl (C=O) groups is 1. The van der Waals surface area contributed by atoms with E-state index in [1.54, 1.807) is 4.90 Å². The molecular weight excluding hydrogens is 256 g/mol. The molecule has 0 fully saturated rings. The summed E-state index contributed by atoms with van der Waals surface area (Å²) in [6.07, 6.45) is 4.68. The molecule has 0 aliphatic carbocycles. The molecule has 0 unspecified atom stereocenters. The Labute approximate surface area is 109 Å². The Kier molecular flexibility index (Phi) is 3.62. The molecule has 1 aromatic rings. The lowest BCUT2D eigenvalue weighted by molar-refractivity contribution is -0.384. The molecule has 0 radical (unpaired) electrons. The molecule has 0 spiro atoms. The molecule has 1 heterocycles. The van der Waals surface area contributed by atoms with Gasteiger partial charge in [0.15, 0.2) is 0 Å². The molecule has 94 valence electrons. The van der Waals surface area contributed by atoms with Crippen LogP contribution < -0.4 is 0 Å². The zero-order chi connectivity index (χ0) is 13.1. The van der Waals surface area contributed by atoms with Gasteiger partial charge in [0.1, 0.15) is 0 Å². The minimum Gasteiger partial charge on any atom is -0.335 e. The topological polar surface area (TPSA) is 63.4 Å². The third kappa shape index (κ3) is 2.51. The highest BCUT2D eigenvalue weighted by molar-refractivity contribution is 6.33. The van der Waals surface area contributed by atoms with Gasteiger partial charge < -0.3 is 4.90 Å². The van der Waals surface area contributed by atoms with E-state index in [4.69, 9.17) is 11.6 Å². The van der Waals surface area contributed by atoms with Crippen LogP contribution in [0, 0.1) is 10.1 Å². The number of non-ortho nitro benzene ring substituents is 1. The second-order valence-corrected chi connectivity index (χ2v) is 4.34. The number of carbonyl (C=O) groups excluding carboxylic acids is 1. The van der Waals surface area contributed by atoms with Gasteiger partial charge in [0.2, 0.25) is 0 Å². The van der Waals surface area contributed by atoms with E-state index in [1.165, 1.54) is 18.2 Å². The van der Waals surface area contributed by atoms with E-state index in [9.17, 15) is 14.9 Å². The number of hydrogen-bond acceptors (Lipinski definition) is 3. The lowest BCUT2D eigenvalue weighted by Crippen LogP contribution is -2.33. The minimum atomic E-state index is -0.538. The summed E-state index contributed by atoms with van der Waals surface area (Å²) in [7, 11) is 0. The Bertz CT molecular complexity index is 528. The summed E-state index contributed by atoms with van der Waals surface area (Å²) in [5.74, 6) is -0.270. The molecule has 0 bridgehead atoms. The van der Waals surface area contributed by atoms with Gasteiger partial charge in [0.05, 0.1) is 15.5 Å². The van der Waals surface area contributed by atoms with E-state index in [-0.39, 0.29) is 22.2 Å². The van der Waals surface area contributed by atoms with Crippen LogP contribution in [0.25, 0.3) is 0 Å². The second-order valence-electron chi connectivity index (χ2n) is 3.93. The molecule has 0 atom stereocenters. The predicted molar refractivity (Wildman–Crippen MR) is 67.8 cm³/mol. The van der Waals surface area contributed by atoms with E-state index < -0.39 is 4.92 Å². The summed E-state index contributed by atoms with van der Waals surface area (Å²) in [4.78, 5) is 23.9. The van der Waals surface area contributed by atoms with Gasteiger partial charge in [-0.1, -0.05) is 23.8 Å². The van der Waals surface area contributed by atoms with Crippen LogP contribution in [-0.2, 0) is 0 Å². The molecule has 1 aromatic carbocycles. The maximum Gasteiger partial charge on any atom is 0.270 e. The first kappa shape index (κ1) is 12.6. The van der Waals surface area contributed by atoms with E-state index in [2.05, 4.69) is 0 Å². The van der Waals surface area contributed by atoms with Crippen molar-refractivity contribution < 1.29 is 9.72 Å². The van der Waals surface area contributed by atoms with Crippen molar-refractivity contribution in [1.82, 2.24) is 4.90 Å². The van der Waals surface area contributed by atoms with Crippen LogP contribution in [0.15, 0.2) is 30.4 Å². The molecule has 0 aromatic heterocycles. The fourth-order valence-electron chi connectivity index (χ4n) is 1.79. The zero-order valence-corrected chi connectivity index (χ0v) is 10.3. The zero-order valence-electron chi connectivity index (χ0n) is 9.51. The molecule has 2 rings (SSSR count). The van der Waals surface area contributed by atoms with Crippen LogP contribution in [0.3, 0.4) is 0 Å². The van der Waals surface area contributed by atoms with Gasteiger partial charge in [0.25, 0.3) is 11.6 Å². The second kappa shape index (κ2) is 5.18. The fraction of sp³-hybridized carbons (Fsp3) is 0.250. The highest BCUT2D eigenvalue weighted by atomic mass is 35.5. The number of halogens is 1. The molecule has 1 aliphatic rings. The van der Waals surface area contributed by atoms with Gasteiger partial charge in [-0.2, -0.15) is 0 Å². The molecule has 1 aliphatic heterocycles. The number of hydrogen-bond donors (Lipinski definition) is 0. The van der Waals surface area contributed by atoms with Crippen molar-refractivity contribution in [3.05, 3.63) is 51.1 Å². The fourth-order valence-corrected chi connectivity index (χ4v) is 1.99. The van der Waals surface area contributed by atoms with Crippen molar-refractivity contribution in [2.24, 2.45) is 0 Å². The number of rotatable bonds is 2. The molecule has 0 N–H and O–H groups in total. The van der Waals surface area contributed by atoms with E-state index in [1.807, 2.05) is 12.2 Å². The Morgan fingerprint density at radius 3 is 2.78 bits per heavy atom. The first-order valence-corrected chi connectivity index (χ1v) is 5.85. The number of nitro groups is 1. The summed E-state index contributed by atoms with van der Waals surface area (Å²) < 4.78 is 0. The van der Waals surface area contributed by atoms with E-state index in [0.29, 0.717) is 13.1 Å². The van der Waals surface area contributed by atoms with Gasteiger partial charge in [-0.05, 0) is 12.5 Å². The maximum absolute atomic E-state index is 12.2. The first-order chi connectivity index (χ1) is 8.59. The normalized spacial score (nSPS) is 14.6. The average molecular weight is 267 g/mol. The summed E-state index contributed by atoms with van der Waals surface area (Å²) in [5, 5.41) is 10.9. The lowest BCUT2D eigenvalue weighted by atomic mass is 10.1. The van der Waals surface area contributed by atoms with Crippen LogP contribution >= 0.6 is 11.6 Å². The Hall–Kier alpha value is -1.88. The van der Waals surface area contributed by atoms with Crippen LogP contribution in [0.2, 0.25) is 5.02 Å². The SMILES string of the molecule is O=C(c1cc([N+](=O)[O-])ccc1Cl)N1CC=CCC1. The van der Waals surface area contributed by atoms with Crippen molar-refractivity contribution in [3.63, 3.8) is 0 Å². The monoisotopic (exact) mass is 266 g/mol. The molecule has 6 heteroatoms. The summed E-state index contributed by atoms with van der Waals surface area (Å²) >= 11 is 5.93. The molecule has 1 amide bonds. The summed E-state index contributed by atoms with van der Waals surface area (Å²) in [5.41, 5.74) is 0.0523. The summed E-state index contributed by atoms with van der Waals surface area (Å²) in [6, 6.07) is 3.89. The highest BCUT2D eigenvalue weighted by Crippen LogP contribution is 2.23. The largest absolute Gasteiger partial charge is 0.335 e. The minimum absolute atomic E-state index is 0.129. The van der Waals surface area contributed by atoms with Crippen molar-refractivity contribution >= 4 is 23.2 Å². The van der Waals surface area contributed by atoms with Crippen molar-refractivity contribution in [1.29, 1.82) is 0 Å². The molecule has 0 saturated carbocycles. The highest BCUT2D eigenvalue weighted by Gasteiger charge is 2.21. The molecular formula is C12H11ClN2O3. The van der Waals surface area contributed by atoms with Crippen molar-refractivity contribution in [2.75, 3.05) is 13.1 Å². The van der Waals surface area contributed by atoms with Crippen molar-refractivity contribution in [3.8, 4) is 0 Å². The third-order valence-corrected chi connectivity index (χ3v) is 3.07. The van der Waals surface area contributed by atoms with Crippen LogP contribution in [-0.4, -0.2) is 28.8 Å². The number of nitrogens with zero attached hydrogens (tertiary/aromatic N) is 2. The van der Waals surface area contributed by atoms with Gasteiger partial charge in [-0.3, -0.25) is 14.9 Å². The smallest absolute Gasteiger partial charge is 0.270 e. The lowest BCUT2D eigenvalue weighted by Gasteiger charge is -2.23. The average Bonchev–Trinajstić information content (AvgIpc) is 2.39. The Balaban J connectivity index is 2.31. The summed E-state index contributed by atoms with van der Waals surface area (Å²) in [6.45, 7) is 1.12. The van der Waals surface area contributed by atoms with Crippen LogP contribution in [0.4, 0.5) is 5.69 Å². The van der Waals surface area contributed by atoms with E-state index in [0.717, 1.165) is 6.42 Å². The van der Waals surface area contributed by atoms with Gasteiger partial charge in [0, 0.05) is 25.2 Å². The third-order valence-electron chi connectivity index (χ3n) is 2.74. The maximum atomic E-state index is 12.2.